The highest BCUT2D eigenvalue weighted by Crippen LogP contribution is 2.48. The van der Waals surface area contributed by atoms with E-state index in [0.717, 1.165) is 23.3 Å². The molecule has 0 amide bonds. The Morgan fingerprint density at radius 1 is 1.10 bits per heavy atom. The molecule has 0 aliphatic heterocycles. The maximum absolute atomic E-state index is 9.50. The van der Waals surface area contributed by atoms with Crippen molar-refractivity contribution in [2.75, 3.05) is 0 Å². The predicted octanol–water partition coefficient (Wildman–Crippen LogP) is 3.99. The normalized spacial score (nSPS) is 22.9. The van der Waals surface area contributed by atoms with E-state index in [2.05, 4.69) is 12.6 Å². The molecule has 102 valence electrons. The molecule has 1 aliphatic carbocycles. The van der Waals surface area contributed by atoms with Gasteiger partial charge in [-0.15, -0.1) is 6.58 Å². The lowest BCUT2D eigenvalue weighted by atomic mass is 10.0. The lowest BCUT2D eigenvalue weighted by Crippen LogP contribution is -2.12. The Hall–Kier alpha value is -2.66. The van der Waals surface area contributed by atoms with Gasteiger partial charge in [-0.3, -0.25) is 4.99 Å². The van der Waals surface area contributed by atoms with E-state index >= 15 is 0 Å². The molecule has 0 N–H and O–H groups in total. The van der Waals surface area contributed by atoms with E-state index in [1.807, 2.05) is 66.7 Å². The molecule has 0 bridgehead atoms. The van der Waals surface area contributed by atoms with Crippen LogP contribution in [0.2, 0.25) is 0 Å². The quantitative estimate of drug-likeness (QED) is 0.612. The van der Waals surface area contributed by atoms with Crippen LogP contribution in [-0.4, -0.2) is 11.3 Å². The molecule has 1 saturated carbocycles. The van der Waals surface area contributed by atoms with E-state index in [-0.39, 0.29) is 5.92 Å². The van der Waals surface area contributed by atoms with Crippen LogP contribution in [0.1, 0.15) is 17.5 Å². The van der Waals surface area contributed by atoms with Gasteiger partial charge in [-0.25, -0.2) is 0 Å². The monoisotopic (exact) mass is 272 g/mol. The predicted molar refractivity (Wildman–Crippen MR) is 85.2 cm³/mol. The third-order valence-electron chi connectivity index (χ3n) is 3.87. The summed E-state index contributed by atoms with van der Waals surface area (Å²) in [6.45, 7) is 3.80. The lowest BCUT2D eigenvalue weighted by Gasteiger charge is -2.10. The topological polar surface area (TPSA) is 36.1 Å². The van der Waals surface area contributed by atoms with Gasteiger partial charge in [-0.1, -0.05) is 66.7 Å². The molecule has 21 heavy (non-hydrogen) atoms. The minimum atomic E-state index is -0.636. The summed E-state index contributed by atoms with van der Waals surface area (Å²) < 4.78 is 0. The van der Waals surface area contributed by atoms with E-state index in [0.29, 0.717) is 0 Å². The SMILES string of the molecule is C=CC1C[C@]1(C#N)N=C(c1ccccc1)c1ccccc1. The molecule has 1 fully saturated rings. The molecule has 0 spiro atoms. The van der Waals surface area contributed by atoms with Crippen molar-refractivity contribution in [3.8, 4) is 6.07 Å². The Morgan fingerprint density at radius 2 is 1.62 bits per heavy atom. The van der Waals surface area contributed by atoms with Crippen LogP contribution in [0.15, 0.2) is 78.3 Å². The molecule has 2 atom stereocenters. The number of benzene rings is 2. The summed E-state index contributed by atoms with van der Waals surface area (Å²) >= 11 is 0. The Kier molecular flexibility index (Phi) is 3.41. The van der Waals surface area contributed by atoms with E-state index in [9.17, 15) is 5.26 Å². The van der Waals surface area contributed by atoms with Crippen LogP contribution in [0, 0.1) is 17.2 Å². The van der Waals surface area contributed by atoms with Crippen LogP contribution in [0.3, 0.4) is 0 Å². The average molecular weight is 272 g/mol. The Morgan fingerprint density at radius 3 is 2.00 bits per heavy atom. The molecular weight excluding hydrogens is 256 g/mol. The first kappa shape index (κ1) is 13.3. The largest absolute Gasteiger partial charge is 0.262 e. The number of nitrogens with zero attached hydrogens (tertiary/aromatic N) is 2. The summed E-state index contributed by atoms with van der Waals surface area (Å²) in [7, 11) is 0. The van der Waals surface area contributed by atoms with Crippen LogP contribution in [-0.2, 0) is 0 Å². The summed E-state index contributed by atoms with van der Waals surface area (Å²) in [4.78, 5) is 4.82. The van der Waals surface area contributed by atoms with Gasteiger partial charge in [0.1, 0.15) is 0 Å². The van der Waals surface area contributed by atoms with Crippen LogP contribution in [0.4, 0.5) is 0 Å². The summed E-state index contributed by atoms with van der Waals surface area (Å²) in [5, 5.41) is 9.50. The number of hydrogen-bond donors (Lipinski definition) is 0. The standard InChI is InChI=1S/C19H16N2/c1-2-17-13-19(17,14-20)21-18(15-9-5-3-6-10-15)16-11-7-4-8-12-16/h2-12,17H,1,13H2/t17?,19-/m1/s1. The van der Waals surface area contributed by atoms with E-state index in [4.69, 9.17) is 4.99 Å². The zero-order chi connectivity index (χ0) is 14.7. The molecule has 0 radical (unpaired) electrons. The van der Waals surface area contributed by atoms with E-state index < -0.39 is 5.54 Å². The molecule has 1 unspecified atom stereocenters. The van der Waals surface area contributed by atoms with Crippen molar-refractivity contribution < 1.29 is 0 Å². The minimum absolute atomic E-state index is 0.157. The maximum atomic E-state index is 9.50. The van der Waals surface area contributed by atoms with Crippen molar-refractivity contribution in [2.45, 2.75) is 12.0 Å². The number of hydrogen-bond acceptors (Lipinski definition) is 2. The smallest absolute Gasteiger partial charge is 0.154 e. The van der Waals surface area contributed by atoms with Crippen molar-refractivity contribution in [3.05, 3.63) is 84.4 Å². The van der Waals surface area contributed by atoms with Gasteiger partial charge >= 0.3 is 0 Å². The van der Waals surface area contributed by atoms with Gasteiger partial charge < -0.3 is 0 Å². The highest BCUT2D eigenvalue weighted by Gasteiger charge is 2.53. The molecule has 2 heteroatoms. The first-order chi connectivity index (χ1) is 10.3. The van der Waals surface area contributed by atoms with E-state index in [1.54, 1.807) is 0 Å². The molecular formula is C19H16N2. The molecule has 0 saturated heterocycles. The zero-order valence-corrected chi connectivity index (χ0v) is 11.7. The second kappa shape index (κ2) is 5.38. The fourth-order valence-corrected chi connectivity index (χ4v) is 2.52. The summed E-state index contributed by atoms with van der Waals surface area (Å²) in [6.07, 6.45) is 2.59. The zero-order valence-electron chi connectivity index (χ0n) is 11.7. The maximum Gasteiger partial charge on any atom is 0.154 e. The van der Waals surface area contributed by atoms with Crippen molar-refractivity contribution in [3.63, 3.8) is 0 Å². The molecule has 1 aliphatic rings. The van der Waals surface area contributed by atoms with Crippen LogP contribution in [0.5, 0.6) is 0 Å². The number of nitriles is 1. The molecule has 2 nitrogen and oxygen atoms in total. The molecule has 0 heterocycles. The number of rotatable bonds is 4. The van der Waals surface area contributed by atoms with Crippen molar-refractivity contribution in [1.29, 1.82) is 5.26 Å². The third-order valence-corrected chi connectivity index (χ3v) is 3.87. The highest BCUT2D eigenvalue weighted by molar-refractivity contribution is 6.13. The van der Waals surface area contributed by atoms with Gasteiger partial charge in [0.05, 0.1) is 11.8 Å². The molecule has 0 aromatic heterocycles. The Bertz CT molecular complexity index is 669. The van der Waals surface area contributed by atoms with Crippen LogP contribution in [0.25, 0.3) is 0 Å². The minimum Gasteiger partial charge on any atom is -0.262 e. The molecule has 3 rings (SSSR count). The van der Waals surface area contributed by atoms with Gasteiger partial charge in [0.25, 0.3) is 0 Å². The summed E-state index contributed by atoms with van der Waals surface area (Å²) in [5.74, 6) is 0.157. The fourth-order valence-electron chi connectivity index (χ4n) is 2.52. The van der Waals surface area contributed by atoms with Gasteiger partial charge in [0, 0.05) is 17.0 Å². The average Bonchev–Trinajstić information content (AvgIpc) is 3.28. The third kappa shape index (κ3) is 2.51. The van der Waals surface area contributed by atoms with Gasteiger partial charge in [0.15, 0.2) is 5.54 Å². The van der Waals surface area contributed by atoms with Gasteiger partial charge in [0.2, 0.25) is 0 Å². The van der Waals surface area contributed by atoms with E-state index in [1.165, 1.54) is 0 Å². The van der Waals surface area contributed by atoms with Crippen molar-refractivity contribution in [2.24, 2.45) is 10.9 Å². The fraction of sp³-hybridized carbons (Fsp3) is 0.158. The summed E-state index contributed by atoms with van der Waals surface area (Å²) in [6, 6.07) is 22.4. The second-order valence-corrected chi connectivity index (χ2v) is 5.27. The van der Waals surface area contributed by atoms with Crippen molar-refractivity contribution in [1.82, 2.24) is 0 Å². The highest BCUT2D eigenvalue weighted by atomic mass is 15.0. The molecule has 2 aromatic rings. The molecule has 2 aromatic carbocycles. The van der Waals surface area contributed by atoms with Gasteiger partial charge in [-0.05, 0) is 6.42 Å². The first-order valence-corrected chi connectivity index (χ1v) is 7.03. The first-order valence-electron chi connectivity index (χ1n) is 7.03. The Balaban J connectivity index is 2.11. The van der Waals surface area contributed by atoms with Gasteiger partial charge in [-0.2, -0.15) is 5.26 Å². The van der Waals surface area contributed by atoms with Crippen LogP contribution < -0.4 is 0 Å². The Labute approximate surface area is 125 Å². The number of aliphatic imine (C=N–C) groups is 1. The van der Waals surface area contributed by atoms with Crippen LogP contribution >= 0.6 is 0 Å². The second-order valence-electron chi connectivity index (χ2n) is 5.27. The van der Waals surface area contributed by atoms with Crippen molar-refractivity contribution >= 4 is 5.71 Å². The summed E-state index contributed by atoms with van der Waals surface area (Å²) in [5.41, 5.74) is 2.31. The lowest BCUT2D eigenvalue weighted by molar-refractivity contribution is 0.818.